The molecule has 0 aromatic heterocycles. The molecule has 3 N–H and O–H groups in total. The van der Waals surface area contributed by atoms with Gasteiger partial charge in [0.1, 0.15) is 0 Å². The Labute approximate surface area is 119 Å². The average Bonchev–Trinajstić information content (AvgIpc) is 2.25. The van der Waals surface area contributed by atoms with Crippen LogP contribution in [0.25, 0.3) is 0 Å². The summed E-state index contributed by atoms with van der Waals surface area (Å²) in [6, 6.07) is 5.48. The van der Waals surface area contributed by atoms with Gasteiger partial charge in [0.05, 0.1) is 0 Å². The number of hydrogen-bond acceptors (Lipinski definition) is 4. The van der Waals surface area contributed by atoms with E-state index in [2.05, 4.69) is 14.6 Å². The van der Waals surface area contributed by atoms with Crippen LogP contribution in [-0.4, -0.2) is 14.5 Å². The Morgan fingerprint density at radius 3 is 2.25 bits per heavy atom. The van der Waals surface area contributed by atoms with Gasteiger partial charge in [-0.05, 0) is 29.0 Å². The fourth-order valence-electron chi connectivity index (χ4n) is 2.08. The van der Waals surface area contributed by atoms with Crippen LogP contribution in [0.5, 0.6) is 0 Å². The fraction of sp³-hybridized carbons (Fsp3) is 0.462. The first-order valence-corrected chi connectivity index (χ1v) is 7.75. The predicted molar refractivity (Wildman–Crippen MR) is 77.8 cm³/mol. The maximum absolute atomic E-state index is 11.5. The molecule has 1 amide bonds. The lowest BCUT2D eigenvalue weighted by molar-refractivity contribution is 0.217. The minimum Gasteiger partial charge on any atom is -0.316 e. The van der Waals surface area contributed by atoms with E-state index in [0.29, 0.717) is 5.69 Å². The van der Waals surface area contributed by atoms with Gasteiger partial charge < -0.3 is 4.18 Å². The van der Waals surface area contributed by atoms with E-state index < -0.39 is 16.4 Å². The third-order valence-electron chi connectivity index (χ3n) is 2.77. The zero-order chi connectivity index (χ0) is 15.5. The summed E-state index contributed by atoms with van der Waals surface area (Å²) in [5, 5.41) is 7.08. The van der Waals surface area contributed by atoms with E-state index in [4.69, 9.17) is 0 Å². The molecule has 0 spiro atoms. The second-order valence-corrected chi connectivity index (χ2v) is 6.26. The number of nitrogens with one attached hydrogen (secondary N) is 1. The van der Waals surface area contributed by atoms with E-state index in [1.54, 1.807) is 12.1 Å². The lowest BCUT2D eigenvalue weighted by Gasteiger charge is -2.20. The molecule has 0 aliphatic rings. The molecule has 1 rings (SSSR count). The van der Waals surface area contributed by atoms with Crippen molar-refractivity contribution >= 4 is 22.1 Å². The number of amides is 1. The number of rotatable bonds is 4. The van der Waals surface area contributed by atoms with E-state index in [0.717, 1.165) is 11.1 Å². The summed E-state index contributed by atoms with van der Waals surface area (Å²) in [7, 11) is -4.32. The Hall–Kier alpha value is -1.60. The molecule has 0 unspecified atom stereocenters. The Morgan fingerprint density at radius 2 is 1.80 bits per heavy atom. The fourth-order valence-corrected chi connectivity index (χ4v) is 2.33. The summed E-state index contributed by atoms with van der Waals surface area (Å²) in [6.45, 7) is 8.09. The van der Waals surface area contributed by atoms with Gasteiger partial charge in [-0.15, -0.1) is 0 Å². The van der Waals surface area contributed by atoms with Crippen LogP contribution in [0.3, 0.4) is 0 Å². The van der Waals surface area contributed by atoms with Crippen molar-refractivity contribution < 1.29 is 17.4 Å². The highest BCUT2D eigenvalue weighted by Gasteiger charge is 2.18. The predicted octanol–water partition coefficient (Wildman–Crippen LogP) is 2.69. The molecule has 0 aliphatic carbocycles. The van der Waals surface area contributed by atoms with Gasteiger partial charge in [0.15, 0.2) is 0 Å². The smallest absolute Gasteiger partial charge is 0.316 e. The monoisotopic (exact) mass is 300 g/mol. The van der Waals surface area contributed by atoms with Crippen molar-refractivity contribution in [3.05, 3.63) is 29.3 Å². The minimum absolute atomic E-state index is 0.165. The normalized spacial score (nSPS) is 11.8. The average molecular weight is 300 g/mol. The van der Waals surface area contributed by atoms with Crippen LogP contribution >= 0.6 is 0 Å². The first kappa shape index (κ1) is 16.5. The summed E-state index contributed by atoms with van der Waals surface area (Å²) < 4.78 is 25.5. The molecule has 0 saturated heterocycles. The second-order valence-electron chi connectivity index (χ2n) is 5.11. The molecule has 0 atom stereocenters. The topological polar surface area (TPSA) is 98.5 Å². The van der Waals surface area contributed by atoms with Crippen LogP contribution < -0.4 is 10.5 Å². The molecule has 6 nitrogen and oxygen atoms in total. The Morgan fingerprint density at radius 1 is 1.20 bits per heavy atom. The summed E-state index contributed by atoms with van der Waals surface area (Å²) in [6.07, 6.45) is -1.12. The molecule has 7 heteroatoms. The third kappa shape index (κ3) is 4.50. The number of anilines is 1. The van der Waals surface area contributed by atoms with Crippen molar-refractivity contribution in [1.29, 1.82) is 0 Å². The third-order valence-corrected chi connectivity index (χ3v) is 3.15. The largest absolute Gasteiger partial charge is 0.428 e. The van der Waals surface area contributed by atoms with Crippen molar-refractivity contribution in [2.45, 2.75) is 39.5 Å². The van der Waals surface area contributed by atoms with Crippen molar-refractivity contribution in [3.8, 4) is 0 Å². The summed E-state index contributed by atoms with van der Waals surface area (Å²) in [5.74, 6) is 0.446. The number of hydrogen-bond donors (Lipinski definition) is 2. The van der Waals surface area contributed by atoms with Gasteiger partial charge in [0.25, 0.3) is 0 Å². The lowest BCUT2D eigenvalue weighted by Crippen LogP contribution is -2.24. The maximum atomic E-state index is 11.5. The Bertz CT molecular complexity index is 594. The standard InChI is InChI=1S/C13H20N2O4S/c1-8(2)10-6-5-7-11(12(10)9(3)4)15-13(16)19-20(14,17)18/h5-9H,1-4H3,(H,15,16)(H2,14,17,18). The molecule has 1 aromatic rings. The maximum Gasteiger partial charge on any atom is 0.428 e. The van der Waals surface area contributed by atoms with Gasteiger partial charge in [0, 0.05) is 5.69 Å². The van der Waals surface area contributed by atoms with Crippen LogP contribution in [0.1, 0.15) is 50.7 Å². The van der Waals surface area contributed by atoms with Crippen LogP contribution in [-0.2, 0) is 14.5 Å². The van der Waals surface area contributed by atoms with Crippen LogP contribution in [0.2, 0.25) is 0 Å². The van der Waals surface area contributed by atoms with Gasteiger partial charge >= 0.3 is 16.4 Å². The van der Waals surface area contributed by atoms with Crippen molar-refractivity contribution in [2.75, 3.05) is 5.32 Å². The highest BCUT2D eigenvalue weighted by molar-refractivity contribution is 7.84. The Balaban J connectivity index is 3.12. The first-order chi connectivity index (χ1) is 9.11. The van der Waals surface area contributed by atoms with Crippen LogP contribution in [0.15, 0.2) is 18.2 Å². The number of carbonyl (C=O) groups is 1. The molecule has 0 heterocycles. The van der Waals surface area contributed by atoms with E-state index in [9.17, 15) is 13.2 Å². The second kappa shape index (κ2) is 6.23. The molecular weight excluding hydrogens is 280 g/mol. The van der Waals surface area contributed by atoms with E-state index >= 15 is 0 Å². The number of carbonyl (C=O) groups excluding carboxylic acids is 1. The number of benzene rings is 1. The first-order valence-electron chi connectivity index (χ1n) is 6.27. The van der Waals surface area contributed by atoms with Crippen molar-refractivity contribution in [1.82, 2.24) is 0 Å². The molecule has 20 heavy (non-hydrogen) atoms. The summed E-state index contributed by atoms with van der Waals surface area (Å²) in [4.78, 5) is 11.5. The zero-order valence-corrected chi connectivity index (χ0v) is 12.8. The van der Waals surface area contributed by atoms with E-state index in [1.165, 1.54) is 0 Å². The molecule has 1 aromatic carbocycles. The van der Waals surface area contributed by atoms with Gasteiger partial charge in [-0.3, -0.25) is 5.32 Å². The highest BCUT2D eigenvalue weighted by Crippen LogP contribution is 2.32. The summed E-state index contributed by atoms with van der Waals surface area (Å²) in [5.41, 5.74) is 2.57. The van der Waals surface area contributed by atoms with Crippen molar-refractivity contribution in [2.24, 2.45) is 5.14 Å². The summed E-state index contributed by atoms with van der Waals surface area (Å²) >= 11 is 0. The van der Waals surface area contributed by atoms with Crippen LogP contribution in [0, 0.1) is 0 Å². The van der Waals surface area contributed by atoms with Crippen molar-refractivity contribution in [3.63, 3.8) is 0 Å². The lowest BCUT2D eigenvalue weighted by atomic mass is 9.89. The quantitative estimate of drug-likeness (QED) is 0.893. The number of nitrogens with two attached hydrogens (primary N) is 1. The zero-order valence-electron chi connectivity index (χ0n) is 12.0. The molecule has 0 saturated carbocycles. The Kier molecular flexibility index (Phi) is 5.13. The van der Waals surface area contributed by atoms with Gasteiger partial charge in [-0.2, -0.15) is 13.6 Å². The minimum atomic E-state index is -4.32. The molecule has 0 bridgehead atoms. The highest BCUT2D eigenvalue weighted by atomic mass is 32.2. The van der Waals surface area contributed by atoms with E-state index in [1.807, 2.05) is 33.8 Å². The SMILES string of the molecule is CC(C)c1cccc(NC(=O)OS(N)(=O)=O)c1C(C)C. The molecule has 0 fully saturated rings. The molecule has 0 radical (unpaired) electrons. The van der Waals surface area contributed by atoms with Gasteiger partial charge in [-0.1, -0.05) is 39.8 Å². The van der Waals surface area contributed by atoms with Crippen LogP contribution in [0.4, 0.5) is 10.5 Å². The molecule has 0 aliphatic heterocycles. The molecule has 112 valence electrons. The van der Waals surface area contributed by atoms with Gasteiger partial charge in [0.2, 0.25) is 0 Å². The molecular formula is C13H20N2O4S. The van der Waals surface area contributed by atoms with E-state index in [-0.39, 0.29) is 11.8 Å². The van der Waals surface area contributed by atoms with Gasteiger partial charge in [-0.25, -0.2) is 4.79 Å².